The van der Waals surface area contributed by atoms with Gasteiger partial charge in [0.25, 0.3) is 0 Å². The number of rotatable bonds is 26. The molecule has 15 heteroatoms. The maximum Gasteiger partial charge on any atom is 0.331 e. The summed E-state index contributed by atoms with van der Waals surface area (Å²) in [5, 5.41) is 0. The van der Waals surface area contributed by atoms with E-state index in [9.17, 15) is 9.59 Å². The molecule has 1 aliphatic heterocycles. The fourth-order valence-corrected chi connectivity index (χ4v) is 9.05. The van der Waals surface area contributed by atoms with E-state index in [0.717, 1.165) is 83.5 Å². The molecular weight excluding hydrogens is 873 g/mol. The van der Waals surface area contributed by atoms with Gasteiger partial charge in [-0.05, 0) is 90.9 Å². The Morgan fingerprint density at radius 2 is 1.22 bits per heavy atom. The normalized spacial score (nSPS) is 14.7. The Balaban J connectivity index is 1.09. The molecule has 370 valence electrons. The number of quaternary nitrogens is 1. The number of ether oxygens (including phenoxy) is 11. The van der Waals surface area contributed by atoms with Crippen LogP contribution in [0.2, 0.25) is 0 Å². The Kier molecular flexibility index (Phi) is 19.5. The highest BCUT2D eigenvalue weighted by Crippen LogP contribution is 2.48. The molecule has 15 nitrogen and oxygen atoms in total. The Morgan fingerprint density at radius 3 is 1.82 bits per heavy atom. The van der Waals surface area contributed by atoms with E-state index in [4.69, 9.17) is 52.1 Å². The van der Waals surface area contributed by atoms with Crippen molar-refractivity contribution in [1.29, 1.82) is 0 Å². The van der Waals surface area contributed by atoms with Crippen LogP contribution < -0.4 is 42.6 Å². The highest BCUT2D eigenvalue weighted by molar-refractivity contribution is 5.91. The van der Waals surface area contributed by atoms with Crippen molar-refractivity contribution in [2.24, 2.45) is 0 Å². The molecule has 5 rings (SSSR count). The smallest absolute Gasteiger partial charge is 0.331 e. The van der Waals surface area contributed by atoms with Crippen molar-refractivity contribution in [3.63, 3.8) is 0 Å². The molecule has 1 aliphatic rings. The van der Waals surface area contributed by atoms with Gasteiger partial charge in [0.2, 0.25) is 5.75 Å². The van der Waals surface area contributed by atoms with Crippen LogP contribution in [-0.4, -0.2) is 139 Å². The van der Waals surface area contributed by atoms with Crippen molar-refractivity contribution in [2.45, 2.75) is 51.5 Å². The minimum Gasteiger partial charge on any atom is -0.493 e. The molecule has 0 aliphatic carbocycles. The monoisotopic (exact) mass is 943 g/mol. The quantitative estimate of drug-likeness (QED) is 0.0261. The second-order valence-electron chi connectivity index (χ2n) is 17.1. The molecule has 0 saturated carbocycles. The molecule has 0 amide bonds. The van der Waals surface area contributed by atoms with Gasteiger partial charge in [0, 0.05) is 54.8 Å². The molecule has 2 atom stereocenters. The van der Waals surface area contributed by atoms with Gasteiger partial charge < -0.3 is 61.5 Å². The van der Waals surface area contributed by atoms with E-state index < -0.39 is 11.9 Å². The van der Waals surface area contributed by atoms with E-state index in [1.165, 1.54) is 11.1 Å². The lowest BCUT2D eigenvalue weighted by molar-refractivity contribution is -0.924. The topological polar surface area (TPSA) is 139 Å². The Labute approximate surface area is 402 Å². The van der Waals surface area contributed by atoms with Crippen molar-refractivity contribution in [3.05, 3.63) is 88.5 Å². The van der Waals surface area contributed by atoms with Crippen molar-refractivity contribution >= 4 is 11.9 Å². The van der Waals surface area contributed by atoms with Gasteiger partial charge in [0.15, 0.2) is 46.0 Å². The Bertz CT molecular complexity index is 2370. The number of hydrogen-bond donors (Lipinski definition) is 0. The van der Waals surface area contributed by atoms with Gasteiger partial charge in [-0.2, -0.15) is 0 Å². The minimum absolute atomic E-state index is 0.0546. The lowest BCUT2D eigenvalue weighted by atomic mass is 9.87. The van der Waals surface area contributed by atoms with Crippen LogP contribution in [0.3, 0.4) is 0 Å². The van der Waals surface area contributed by atoms with Crippen molar-refractivity contribution in [3.8, 4) is 62.9 Å². The molecule has 1 heterocycles. The van der Waals surface area contributed by atoms with E-state index >= 15 is 0 Å². The molecular formula is C53H71N2O13+. The number of methoxy groups -OCH3 is 9. The van der Waals surface area contributed by atoms with Crippen molar-refractivity contribution < 1.29 is 66.2 Å². The third-order valence-electron chi connectivity index (χ3n) is 12.6. The summed E-state index contributed by atoms with van der Waals surface area (Å²) >= 11 is 0. The summed E-state index contributed by atoms with van der Waals surface area (Å²) in [6.07, 6.45) is 5.76. The highest BCUT2D eigenvalue weighted by atomic mass is 16.5. The Hall–Kier alpha value is -6.32. The number of carbonyl (C=O) groups is 2. The number of benzene rings is 4. The third-order valence-corrected chi connectivity index (χ3v) is 12.6. The van der Waals surface area contributed by atoms with E-state index in [1.807, 2.05) is 49.5 Å². The average Bonchev–Trinajstić information content (AvgIpc) is 3.35. The average molecular weight is 944 g/mol. The molecule has 4 aromatic carbocycles. The predicted molar refractivity (Wildman–Crippen MR) is 261 cm³/mol. The molecule has 4 aromatic rings. The van der Waals surface area contributed by atoms with Crippen LogP contribution in [0.5, 0.6) is 51.7 Å². The summed E-state index contributed by atoms with van der Waals surface area (Å²) in [6, 6.07) is 15.9. The van der Waals surface area contributed by atoms with Crippen LogP contribution in [0, 0.1) is 0 Å². The van der Waals surface area contributed by atoms with Crippen LogP contribution in [0.4, 0.5) is 0 Å². The lowest BCUT2D eigenvalue weighted by Gasteiger charge is -2.40. The van der Waals surface area contributed by atoms with Gasteiger partial charge in [0.1, 0.15) is 6.54 Å². The van der Waals surface area contributed by atoms with Crippen LogP contribution in [0.1, 0.15) is 53.5 Å². The molecule has 0 spiro atoms. The zero-order valence-electron chi connectivity index (χ0n) is 42.0. The molecule has 0 bridgehead atoms. The van der Waals surface area contributed by atoms with Crippen LogP contribution in [0.25, 0.3) is 11.1 Å². The minimum atomic E-state index is -0.600. The maximum atomic E-state index is 12.6. The summed E-state index contributed by atoms with van der Waals surface area (Å²) in [4.78, 5) is 27.3. The van der Waals surface area contributed by atoms with Gasteiger partial charge in [-0.3, -0.25) is 0 Å². The predicted octanol–water partition coefficient (Wildman–Crippen LogP) is 7.88. The van der Waals surface area contributed by atoms with Crippen molar-refractivity contribution in [1.82, 2.24) is 4.90 Å². The van der Waals surface area contributed by atoms with Crippen LogP contribution >= 0.6 is 0 Å². The maximum absolute atomic E-state index is 12.6. The summed E-state index contributed by atoms with van der Waals surface area (Å²) in [5.74, 6) is 4.59. The van der Waals surface area contributed by atoms with Gasteiger partial charge in [0.05, 0.1) is 97.3 Å². The molecule has 0 saturated heterocycles. The number of carbonyl (C=O) groups excluding carboxylic acids is 2. The van der Waals surface area contributed by atoms with E-state index in [0.29, 0.717) is 77.6 Å². The van der Waals surface area contributed by atoms with E-state index in [2.05, 4.69) is 24.9 Å². The first-order chi connectivity index (χ1) is 32.8. The van der Waals surface area contributed by atoms with E-state index in [-0.39, 0.29) is 19.1 Å². The SMILES string of the molecule is COc1ccc(CC(C)c2c(CCN(C)CCCOC(=O)/C=C\C(=O)OCCC[N+]3(C)CCc4cc(OC)c(OC)c(-c5ccc(OC)c(OC)c5)c4C3)cc(OC)c(OC)c2OC)cc1OC. The molecule has 0 N–H and O–H groups in total. The number of likely N-dealkylation sites (N-methyl/N-ethyl adjacent to an activating group) is 2. The van der Waals surface area contributed by atoms with Gasteiger partial charge in [-0.15, -0.1) is 0 Å². The zero-order chi connectivity index (χ0) is 49.4. The standard InChI is InChI=1S/C53H71N2O13/c1-35(29-36-15-17-41(58-4)43(30-36)60-6)49-39(33-46(63-9)52(65-11)53(49)66-12)21-24-54(2)23-13-27-67-47(56)19-20-48(57)68-28-14-25-55(3)26-22-37-31-45(62-8)51(64-10)50(40(37)34-55)38-16-18-42(59-5)44(32-38)61-7/h15-20,30-33,35H,13-14,21-29,34H2,1-12H3/q+1/b20-19-. The summed E-state index contributed by atoms with van der Waals surface area (Å²) in [7, 11) is 18.9. The van der Waals surface area contributed by atoms with Crippen molar-refractivity contribution in [2.75, 3.05) is 117 Å². The van der Waals surface area contributed by atoms with Crippen LogP contribution in [0.15, 0.2) is 60.7 Å². The summed E-state index contributed by atoms with van der Waals surface area (Å²) in [6.45, 7) is 6.41. The first-order valence-electron chi connectivity index (χ1n) is 22.9. The summed E-state index contributed by atoms with van der Waals surface area (Å²) in [5.41, 5.74) is 7.48. The number of nitrogens with zero attached hydrogens (tertiary/aromatic N) is 2. The summed E-state index contributed by atoms with van der Waals surface area (Å²) < 4.78 is 63.0. The fourth-order valence-electron chi connectivity index (χ4n) is 9.05. The Morgan fingerprint density at radius 1 is 0.647 bits per heavy atom. The molecule has 2 unspecified atom stereocenters. The van der Waals surface area contributed by atoms with Crippen LogP contribution in [-0.2, 0) is 44.9 Å². The fraction of sp³-hybridized carbons (Fsp3) is 0.472. The highest BCUT2D eigenvalue weighted by Gasteiger charge is 2.34. The third kappa shape index (κ3) is 13.0. The van der Waals surface area contributed by atoms with Gasteiger partial charge >= 0.3 is 11.9 Å². The second-order valence-corrected chi connectivity index (χ2v) is 17.1. The number of fused-ring (bicyclic) bond motifs is 1. The number of hydrogen-bond acceptors (Lipinski definition) is 14. The first-order valence-corrected chi connectivity index (χ1v) is 22.9. The molecule has 0 radical (unpaired) electrons. The molecule has 0 fully saturated rings. The van der Waals surface area contributed by atoms with Gasteiger partial charge in [-0.1, -0.05) is 19.1 Å². The van der Waals surface area contributed by atoms with Gasteiger partial charge in [-0.25, -0.2) is 9.59 Å². The van der Waals surface area contributed by atoms with E-state index in [1.54, 1.807) is 64.0 Å². The second kappa shape index (κ2) is 25.2. The number of esters is 2. The first kappa shape index (κ1) is 52.6. The largest absolute Gasteiger partial charge is 0.493 e. The molecule has 0 aromatic heterocycles. The lowest BCUT2D eigenvalue weighted by Crippen LogP contribution is -2.48. The zero-order valence-corrected chi connectivity index (χ0v) is 42.0. The molecule has 68 heavy (non-hydrogen) atoms.